The molecule has 4 aromatic rings. The Morgan fingerprint density at radius 1 is 0.881 bits per heavy atom. The summed E-state index contributed by atoms with van der Waals surface area (Å²) in [7, 11) is -3.62. The smallest absolute Gasteiger partial charge is 0.271 e. The lowest BCUT2D eigenvalue weighted by Gasteiger charge is -2.23. The number of carbonyl (C=O) groups is 2. The maximum absolute atomic E-state index is 12.6. The van der Waals surface area contributed by atoms with Crippen LogP contribution in [0, 0.1) is 0 Å². The number of para-hydroxylation sites is 1. The van der Waals surface area contributed by atoms with Gasteiger partial charge in [-0.05, 0) is 77.9 Å². The van der Waals surface area contributed by atoms with Crippen LogP contribution in [-0.2, 0) is 21.4 Å². The third kappa shape index (κ3) is 8.56. The second-order valence-electron chi connectivity index (χ2n) is 8.99. The van der Waals surface area contributed by atoms with Crippen molar-refractivity contribution in [2.75, 3.05) is 22.5 Å². The van der Waals surface area contributed by atoms with Crippen LogP contribution >= 0.6 is 23.2 Å². The van der Waals surface area contributed by atoms with Gasteiger partial charge in [-0.1, -0.05) is 53.5 Å². The van der Waals surface area contributed by atoms with Crippen LogP contribution < -0.4 is 19.8 Å². The summed E-state index contributed by atoms with van der Waals surface area (Å²) in [5.41, 5.74) is 4.96. The maximum atomic E-state index is 12.6. The van der Waals surface area contributed by atoms with Crippen LogP contribution in [0.1, 0.15) is 21.5 Å². The van der Waals surface area contributed by atoms with Crippen LogP contribution in [0.25, 0.3) is 0 Å². The van der Waals surface area contributed by atoms with Crippen LogP contribution in [-0.4, -0.2) is 39.3 Å². The van der Waals surface area contributed by atoms with Gasteiger partial charge in [-0.15, -0.1) is 0 Å². The van der Waals surface area contributed by atoms with Gasteiger partial charge >= 0.3 is 0 Å². The number of ether oxygens (including phenoxy) is 1. The zero-order chi connectivity index (χ0) is 30.1. The van der Waals surface area contributed by atoms with E-state index in [9.17, 15) is 18.0 Å². The van der Waals surface area contributed by atoms with E-state index in [-0.39, 0.29) is 19.1 Å². The van der Waals surface area contributed by atoms with Crippen molar-refractivity contribution < 1.29 is 22.7 Å². The first-order chi connectivity index (χ1) is 20.1. The van der Waals surface area contributed by atoms with Crippen molar-refractivity contribution in [1.29, 1.82) is 0 Å². The van der Waals surface area contributed by atoms with E-state index in [0.717, 1.165) is 6.26 Å². The van der Waals surface area contributed by atoms with Crippen molar-refractivity contribution in [2.45, 2.75) is 6.54 Å². The third-order valence-corrected chi connectivity index (χ3v) is 7.71. The number of carbonyl (C=O) groups excluding carboxylic acids is 2. The molecule has 0 radical (unpaired) electrons. The number of benzene rings is 4. The summed E-state index contributed by atoms with van der Waals surface area (Å²) in [6, 6.07) is 26.8. The Kier molecular flexibility index (Phi) is 10.2. The zero-order valence-corrected chi connectivity index (χ0v) is 24.7. The Balaban J connectivity index is 1.30. The predicted octanol–water partition coefficient (Wildman–Crippen LogP) is 5.74. The number of nitrogens with one attached hydrogen (secondary N) is 2. The second-order valence-corrected chi connectivity index (χ2v) is 11.7. The summed E-state index contributed by atoms with van der Waals surface area (Å²) in [5.74, 6) is -0.350. The molecule has 0 saturated carbocycles. The highest BCUT2D eigenvalue weighted by molar-refractivity contribution is 7.92. The van der Waals surface area contributed by atoms with Gasteiger partial charge in [-0.3, -0.25) is 13.9 Å². The van der Waals surface area contributed by atoms with Gasteiger partial charge in [0, 0.05) is 10.6 Å². The minimum Gasteiger partial charge on any atom is -0.484 e. The molecule has 42 heavy (non-hydrogen) atoms. The van der Waals surface area contributed by atoms with Crippen LogP contribution in [0.2, 0.25) is 10.0 Å². The summed E-state index contributed by atoms with van der Waals surface area (Å²) in [6.45, 7) is -0.149. The summed E-state index contributed by atoms with van der Waals surface area (Å²) in [4.78, 5) is 24.7. The molecular formula is C30H26Cl2N4O5S. The summed E-state index contributed by atoms with van der Waals surface area (Å²) in [6.07, 6.45) is 2.56. The molecule has 0 saturated heterocycles. The molecule has 0 spiro atoms. The minimum absolute atomic E-state index is 0.0495. The Morgan fingerprint density at radius 3 is 2.17 bits per heavy atom. The Labute approximate surface area is 253 Å². The van der Waals surface area contributed by atoms with Crippen molar-refractivity contribution in [3.63, 3.8) is 0 Å². The number of halogens is 2. The molecule has 2 N–H and O–H groups in total. The van der Waals surface area contributed by atoms with Crippen molar-refractivity contribution >= 4 is 62.6 Å². The first kappa shape index (κ1) is 30.6. The van der Waals surface area contributed by atoms with E-state index in [4.69, 9.17) is 27.9 Å². The van der Waals surface area contributed by atoms with E-state index in [1.54, 1.807) is 84.9 Å². The number of anilines is 2. The number of rotatable bonds is 11. The molecule has 0 aliphatic heterocycles. The molecule has 0 atom stereocenters. The SMILES string of the molecule is CS(=O)(=O)N(Cc1ccccc1Cl)c1ccc(C(=O)N/N=C\c2ccc(OCC(=O)Nc3ccccc3Cl)cc2)cc1. The molecule has 4 aromatic carbocycles. The standard InChI is InChI=1S/C30H26Cl2N4O5S/c1-42(39,40)36(19-23-6-2-3-7-26(23)31)24-14-12-22(13-15-24)30(38)35-33-18-21-10-16-25(17-11-21)41-20-29(37)34-28-9-5-4-8-27(28)32/h2-18H,19-20H2,1H3,(H,34,37)(H,35,38)/b33-18-. The van der Waals surface area contributed by atoms with Gasteiger partial charge < -0.3 is 10.1 Å². The third-order valence-electron chi connectivity index (χ3n) is 5.87. The fourth-order valence-electron chi connectivity index (χ4n) is 3.74. The highest BCUT2D eigenvalue weighted by atomic mass is 35.5. The Bertz CT molecular complexity index is 1700. The maximum Gasteiger partial charge on any atom is 0.271 e. The van der Waals surface area contributed by atoms with Gasteiger partial charge in [0.2, 0.25) is 10.0 Å². The van der Waals surface area contributed by atoms with Crippen molar-refractivity contribution in [3.8, 4) is 5.75 Å². The fourth-order valence-corrected chi connectivity index (χ4v) is 5.00. The first-order valence-corrected chi connectivity index (χ1v) is 15.1. The number of nitrogens with zero attached hydrogens (tertiary/aromatic N) is 2. The molecule has 0 heterocycles. The zero-order valence-electron chi connectivity index (χ0n) is 22.3. The molecule has 216 valence electrons. The van der Waals surface area contributed by atoms with E-state index in [1.165, 1.54) is 22.7 Å². The molecule has 0 unspecified atom stereocenters. The molecule has 2 amide bonds. The van der Waals surface area contributed by atoms with E-state index in [1.807, 2.05) is 0 Å². The van der Waals surface area contributed by atoms with Gasteiger partial charge in [0.25, 0.3) is 11.8 Å². The van der Waals surface area contributed by atoms with Crippen molar-refractivity contribution in [1.82, 2.24) is 5.43 Å². The minimum atomic E-state index is -3.62. The Morgan fingerprint density at radius 2 is 1.52 bits per heavy atom. The first-order valence-electron chi connectivity index (χ1n) is 12.5. The van der Waals surface area contributed by atoms with Crippen LogP contribution in [0.3, 0.4) is 0 Å². The normalized spacial score (nSPS) is 11.2. The monoisotopic (exact) mass is 624 g/mol. The fraction of sp³-hybridized carbons (Fsp3) is 0.100. The van der Waals surface area contributed by atoms with Crippen molar-refractivity contribution in [3.05, 3.63) is 124 Å². The molecular weight excluding hydrogens is 599 g/mol. The lowest BCUT2D eigenvalue weighted by molar-refractivity contribution is -0.118. The van der Waals surface area contributed by atoms with Crippen LogP contribution in [0.15, 0.2) is 102 Å². The highest BCUT2D eigenvalue weighted by Crippen LogP contribution is 2.25. The van der Waals surface area contributed by atoms with Gasteiger partial charge in [-0.25, -0.2) is 13.8 Å². The highest BCUT2D eigenvalue weighted by Gasteiger charge is 2.19. The number of hydrazone groups is 1. The summed E-state index contributed by atoms with van der Waals surface area (Å²) in [5, 5.41) is 7.55. The lowest BCUT2D eigenvalue weighted by atomic mass is 10.2. The van der Waals surface area contributed by atoms with E-state index >= 15 is 0 Å². The number of amides is 2. The Hall–Kier alpha value is -4.38. The number of sulfonamides is 1. The van der Waals surface area contributed by atoms with Gasteiger partial charge in [-0.2, -0.15) is 5.10 Å². The van der Waals surface area contributed by atoms with E-state index < -0.39 is 15.9 Å². The number of hydrogen-bond donors (Lipinski definition) is 2. The van der Waals surface area contributed by atoms with Crippen LogP contribution in [0.4, 0.5) is 11.4 Å². The molecule has 9 nitrogen and oxygen atoms in total. The van der Waals surface area contributed by atoms with Crippen molar-refractivity contribution in [2.24, 2.45) is 5.10 Å². The number of hydrogen-bond acceptors (Lipinski definition) is 6. The average Bonchev–Trinajstić information content (AvgIpc) is 2.97. The molecule has 0 aromatic heterocycles. The predicted molar refractivity (Wildman–Crippen MR) is 166 cm³/mol. The molecule has 0 fully saturated rings. The van der Waals surface area contributed by atoms with Gasteiger partial charge in [0.05, 0.1) is 35.4 Å². The molecule has 4 rings (SSSR count). The molecule has 0 aliphatic rings. The topological polar surface area (TPSA) is 117 Å². The van der Waals surface area contributed by atoms with E-state index in [2.05, 4.69) is 15.8 Å². The van der Waals surface area contributed by atoms with Gasteiger partial charge in [0.1, 0.15) is 5.75 Å². The summed E-state index contributed by atoms with van der Waals surface area (Å²) < 4.78 is 31.6. The molecule has 0 aliphatic carbocycles. The van der Waals surface area contributed by atoms with E-state index in [0.29, 0.717) is 43.9 Å². The largest absolute Gasteiger partial charge is 0.484 e. The molecule has 0 bridgehead atoms. The lowest BCUT2D eigenvalue weighted by Crippen LogP contribution is -2.29. The van der Waals surface area contributed by atoms with Gasteiger partial charge in [0.15, 0.2) is 6.61 Å². The average molecular weight is 626 g/mol. The quantitative estimate of drug-likeness (QED) is 0.163. The molecule has 12 heteroatoms. The second kappa shape index (κ2) is 14.0. The van der Waals surface area contributed by atoms with Crippen LogP contribution in [0.5, 0.6) is 5.75 Å². The summed E-state index contributed by atoms with van der Waals surface area (Å²) >= 11 is 12.3.